The number of amides is 1. The highest BCUT2D eigenvalue weighted by Gasteiger charge is 2.16. The van der Waals surface area contributed by atoms with Crippen molar-refractivity contribution in [1.29, 1.82) is 0 Å². The first kappa shape index (κ1) is 21.9. The normalized spacial score (nSPS) is 15.4. The molecule has 0 bridgehead atoms. The maximum atomic E-state index is 12.1. The molecule has 1 fully saturated rings. The lowest BCUT2D eigenvalue weighted by molar-refractivity contribution is -0.118. The van der Waals surface area contributed by atoms with Gasteiger partial charge in [0.25, 0.3) is 5.22 Å². The molecule has 31 heavy (non-hydrogen) atoms. The molecule has 2 heterocycles. The predicted octanol–water partition coefficient (Wildman–Crippen LogP) is 3.63. The van der Waals surface area contributed by atoms with Gasteiger partial charge in [-0.05, 0) is 37.1 Å². The van der Waals surface area contributed by atoms with Crippen LogP contribution in [0.4, 0.5) is 0 Å². The highest BCUT2D eigenvalue weighted by atomic mass is 32.2. The third kappa shape index (κ3) is 6.82. The van der Waals surface area contributed by atoms with E-state index >= 15 is 0 Å². The Kier molecular flexibility index (Phi) is 7.98. The average molecular weight is 439 g/mol. The average Bonchev–Trinajstić information content (AvgIpc) is 3.22. The summed E-state index contributed by atoms with van der Waals surface area (Å²) in [4.78, 5) is 21.5. The summed E-state index contributed by atoms with van der Waals surface area (Å²) in [6, 6.07) is 18.3. The van der Waals surface area contributed by atoms with Gasteiger partial charge in [0, 0.05) is 39.3 Å². The quantitative estimate of drug-likeness (QED) is 0.385. The summed E-state index contributed by atoms with van der Waals surface area (Å²) in [6.45, 7) is 7.37. The van der Waals surface area contributed by atoms with E-state index in [4.69, 9.17) is 4.42 Å². The Morgan fingerprint density at radius 3 is 2.52 bits per heavy atom. The van der Waals surface area contributed by atoms with Crippen LogP contribution in [0.1, 0.15) is 18.4 Å². The van der Waals surface area contributed by atoms with Crippen molar-refractivity contribution in [2.45, 2.75) is 24.6 Å². The Bertz CT molecular complexity index is 921. The molecule has 0 spiro atoms. The van der Waals surface area contributed by atoms with Crippen LogP contribution in [0.2, 0.25) is 0 Å². The molecule has 6 nitrogen and oxygen atoms in total. The lowest BCUT2D eigenvalue weighted by atomic mass is 10.2. The number of benzene rings is 2. The molecule has 164 valence electrons. The summed E-state index contributed by atoms with van der Waals surface area (Å²) in [5.74, 6) is 0.359. The van der Waals surface area contributed by atoms with Crippen LogP contribution in [0.25, 0.3) is 11.1 Å². The molecule has 0 radical (unpaired) electrons. The summed E-state index contributed by atoms with van der Waals surface area (Å²) < 4.78 is 5.63. The van der Waals surface area contributed by atoms with Crippen LogP contribution >= 0.6 is 11.8 Å². The van der Waals surface area contributed by atoms with Crippen molar-refractivity contribution in [3.05, 3.63) is 60.2 Å². The fourth-order valence-corrected chi connectivity index (χ4v) is 4.46. The van der Waals surface area contributed by atoms with E-state index in [1.807, 2.05) is 24.3 Å². The monoisotopic (exact) mass is 438 g/mol. The van der Waals surface area contributed by atoms with Crippen molar-refractivity contribution in [2.24, 2.45) is 0 Å². The third-order valence-electron chi connectivity index (χ3n) is 5.54. The number of carbonyl (C=O) groups excluding carboxylic acids is 1. The van der Waals surface area contributed by atoms with Gasteiger partial charge in [-0.3, -0.25) is 9.69 Å². The van der Waals surface area contributed by atoms with Crippen molar-refractivity contribution in [1.82, 2.24) is 20.1 Å². The number of piperazine rings is 1. The predicted molar refractivity (Wildman–Crippen MR) is 125 cm³/mol. The Hall–Kier alpha value is -2.35. The van der Waals surface area contributed by atoms with Crippen molar-refractivity contribution in [2.75, 3.05) is 45.0 Å². The van der Waals surface area contributed by atoms with Crippen LogP contribution in [0.3, 0.4) is 0 Å². The molecule has 1 aliphatic rings. The number of thioether (sulfide) groups is 1. The van der Waals surface area contributed by atoms with Gasteiger partial charge in [0.1, 0.15) is 5.52 Å². The molecule has 0 atom stereocenters. The Morgan fingerprint density at radius 1 is 0.968 bits per heavy atom. The Labute approximate surface area is 188 Å². The topological polar surface area (TPSA) is 61.6 Å². The molecule has 2 aromatic carbocycles. The number of rotatable bonds is 10. The number of aromatic nitrogens is 1. The smallest absolute Gasteiger partial charge is 0.257 e. The number of nitrogens with zero attached hydrogens (tertiary/aromatic N) is 3. The number of fused-ring (bicyclic) bond motifs is 1. The van der Waals surface area contributed by atoms with Gasteiger partial charge in [0.05, 0.1) is 5.75 Å². The van der Waals surface area contributed by atoms with Crippen LogP contribution in [0.5, 0.6) is 0 Å². The minimum Gasteiger partial charge on any atom is -0.431 e. The summed E-state index contributed by atoms with van der Waals surface area (Å²) in [5.41, 5.74) is 2.97. The number of nitrogens with one attached hydrogen (secondary N) is 1. The van der Waals surface area contributed by atoms with Gasteiger partial charge in [-0.15, -0.1) is 0 Å². The number of hydrogen-bond acceptors (Lipinski definition) is 6. The number of oxazole rings is 1. The van der Waals surface area contributed by atoms with Crippen molar-refractivity contribution >= 4 is 28.8 Å². The maximum Gasteiger partial charge on any atom is 0.257 e. The summed E-state index contributed by atoms with van der Waals surface area (Å²) in [5, 5.41) is 3.55. The number of carbonyl (C=O) groups is 1. The fraction of sp³-hybridized carbons (Fsp3) is 0.417. The van der Waals surface area contributed by atoms with E-state index in [0.29, 0.717) is 11.0 Å². The lowest BCUT2D eigenvalue weighted by Gasteiger charge is -2.34. The summed E-state index contributed by atoms with van der Waals surface area (Å²) >= 11 is 1.34. The van der Waals surface area contributed by atoms with E-state index in [1.165, 1.54) is 17.3 Å². The molecule has 1 amide bonds. The maximum absolute atomic E-state index is 12.1. The largest absolute Gasteiger partial charge is 0.431 e. The molecule has 0 unspecified atom stereocenters. The second-order valence-electron chi connectivity index (χ2n) is 7.90. The molecule has 1 N–H and O–H groups in total. The minimum atomic E-state index is 0.0294. The van der Waals surface area contributed by atoms with E-state index in [9.17, 15) is 4.79 Å². The zero-order chi connectivity index (χ0) is 21.3. The zero-order valence-electron chi connectivity index (χ0n) is 17.8. The molecule has 0 aliphatic carbocycles. The molecule has 4 rings (SSSR count). The summed E-state index contributed by atoms with van der Waals surface area (Å²) in [7, 11) is 0. The fourth-order valence-electron chi connectivity index (χ4n) is 3.79. The van der Waals surface area contributed by atoms with Crippen LogP contribution in [-0.2, 0) is 11.3 Å². The van der Waals surface area contributed by atoms with Crippen LogP contribution < -0.4 is 5.32 Å². The van der Waals surface area contributed by atoms with E-state index in [-0.39, 0.29) is 5.91 Å². The van der Waals surface area contributed by atoms with Crippen LogP contribution in [0.15, 0.2) is 64.2 Å². The first-order valence-corrected chi connectivity index (χ1v) is 12.0. The van der Waals surface area contributed by atoms with Gasteiger partial charge in [0.15, 0.2) is 5.58 Å². The summed E-state index contributed by atoms with van der Waals surface area (Å²) in [6.07, 6.45) is 2.11. The van der Waals surface area contributed by atoms with E-state index in [2.05, 4.69) is 50.4 Å². The van der Waals surface area contributed by atoms with Crippen LogP contribution in [0, 0.1) is 0 Å². The van der Waals surface area contributed by atoms with E-state index in [1.54, 1.807) is 0 Å². The van der Waals surface area contributed by atoms with Gasteiger partial charge in [-0.25, -0.2) is 4.98 Å². The molecule has 1 aliphatic heterocycles. The van der Waals surface area contributed by atoms with E-state index in [0.717, 1.165) is 69.8 Å². The van der Waals surface area contributed by atoms with Gasteiger partial charge < -0.3 is 14.6 Å². The number of unbranched alkanes of at least 4 members (excludes halogenated alkanes) is 1. The van der Waals surface area contributed by atoms with Crippen LogP contribution in [-0.4, -0.2) is 65.7 Å². The Morgan fingerprint density at radius 2 is 1.71 bits per heavy atom. The second-order valence-corrected chi connectivity index (χ2v) is 8.82. The molecule has 7 heteroatoms. The first-order valence-electron chi connectivity index (χ1n) is 11.0. The molecule has 0 saturated carbocycles. The van der Waals surface area contributed by atoms with E-state index < -0.39 is 0 Å². The highest BCUT2D eigenvalue weighted by Crippen LogP contribution is 2.22. The molecule has 1 aromatic heterocycles. The first-order chi connectivity index (χ1) is 15.3. The van der Waals surface area contributed by atoms with Gasteiger partial charge in [0.2, 0.25) is 5.91 Å². The van der Waals surface area contributed by atoms with Crippen molar-refractivity contribution in [3.8, 4) is 0 Å². The van der Waals surface area contributed by atoms with Gasteiger partial charge in [-0.2, -0.15) is 0 Å². The van der Waals surface area contributed by atoms with Crippen molar-refractivity contribution in [3.63, 3.8) is 0 Å². The minimum absolute atomic E-state index is 0.0294. The highest BCUT2D eigenvalue weighted by molar-refractivity contribution is 7.99. The number of hydrogen-bond donors (Lipinski definition) is 1. The Balaban J connectivity index is 1.04. The third-order valence-corrected chi connectivity index (χ3v) is 6.37. The standard InChI is InChI=1S/C24H30N4O2S/c29-23(19-31-24-26-21-10-4-5-11-22(21)30-24)25-12-6-7-13-27-14-16-28(17-15-27)18-20-8-2-1-3-9-20/h1-5,8-11H,6-7,12-19H2,(H,25,29). The van der Waals surface area contributed by atoms with Gasteiger partial charge in [-0.1, -0.05) is 54.2 Å². The number of para-hydroxylation sites is 2. The van der Waals surface area contributed by atoms with Gasteiger partial charge >= 0.3 is 0 Å². The second kappa shape index (κ2) is 11.3. The molecular weight excluding hydrogens is 408 g/mol. The molecular formula is C24H30N4O2S. The zero-order valence-corrected chi connectivity index (χ0v) is 18.7. The molecule has 1 saturated heterocycles. The molecule has 3 aromatic rings. The lowest BCUT2D eigenvalue weighted by Crippen LogP contribution is -2.46. The van der Waals surface area contributed by atoms with Crippen molar-refractivity contribution < 1.29 is 9.21 Å². The SMILES string of the molecule is O=C(CSc1nc2ccccc2o1)NCCCCN1CCN(Cc2ccccc2)CC1.